The lowest BCUT2D eigenvalue weighted by Crippen LogP contribution is -2.03. The molecule has 1 rings (SSSR count). The number of carboxylic acid groups (broad SMARTS) is 1. The number of rotatable bonds is 8. The average Bonchev–Trinajstić information content (AvgIpc) is 2.37. The van der Waals surface area contributed by atoms with E-state index in [4.69, 9.17) is 9.84 Å². The number of unbranched alkanes of at least 4 members (excludes halogenated alkanes) is 1. The highest BCUT2D eigenvalue weighted by Crippen LogP contribution is 2.27. The van der Waals surface area contributed by atoms with E-state index in [-0.39, 0.29) is 24.3 Å². The van der Waals surface area contributed by atoms with Crippen molar-refractivity contribution in [1.82, 2.24) is 0 Å². The zero-order valence-electron chi connectivity index (χ0n) is 11.0. The average molecular weight is 281 g/mol. The van der Waals surface area contributed by atoms with Gasteiger partial charge < -0.3 is 9.84 Å². The molecule has 0 heterocycles. The molecule has 0 amide bonds. The third kappa shape index (κ3) is 4.34. The van der Waals surface area contributed by atoms with Gasteiger partial charge in [-0.3, -0.25) is 19.7 Å². The van der Waals surface area contributed by atoms with Crippen molar-refractivity contribution in [1.29, 1.82) is 0 Å². The van der Waals surface area contributed by atoms with Gasteiger partial charge in [0.2, 0.25) is 0 Å². The molecule has 1 aromatic rings. The molecule has 1 aromatic carbocycles. The smallest absolute Gasteiger partial charge is 0.303 e. The van der Waals surface area contributed by atoms with Crippen molar-refractivity contribution >= 4 is 17.9 Å². The second-order valence-corrected chi connectivity index (χ2v) is 4.25. The number of carboxylic acids is 1. The number of carbonyl (C=O) groups is 2. The van der Waals surface area contributed by atoms with Crippen LogP contribution >= 0.6 is 0 Å². The number of nitro groups is 1. The summed E-state index contributed by atoms with van der Waals surface area (Å²) in [6.07, 6.45) is 1.52. The first kappa shape index (κ1) is 15.6. The quantitative estimate of drug-likeness (QED) is 0.339. The van der Waals surface area contributed by atoms with Gasteiger partial charge in [-0.25, -0.2) is 0 Å². The van der Waals surface area contributed by atoms with Crippen LogP contribution in [-0.2, 0) is 4.79 Å². The summed E-state index contributed by atoms with van der Waals surface area (Å²) in [7, 11) is 0. The Morgan fingerprint density at radius 1 is 1.45 bits per heavy atom. The molecule has 7 heteroatoms. The highest BCUT2D eigenvalue weighted by Gasteiger charge is 2.17. The Labute approximate surface area is 115 Å². The van der Waals surface area contributed by atoms with Gasteiger partial charge in [-0.05, 0) is 31.4 Å². The number of carbonyl (C=O) groups excluding carboxylic acids is 1. The summed E-state index contributed by atoms with van der Waals surface area (Å²) in [4.78, 5) is 31.4. The fourth-order valence-corrected chi connectivity index (χ4v) is 1.70. The molecule has 0 saturated carbocycles. The first-order valence-electron chi connectivity index (χ1n) is 6.04. The molecule has 0 unspecified atom stereocenters. The summed E-state index contributed by atoms with van der Waals surface area (Å²) in [5, 5.41) is 19.3. The topological polar surface area (TPSA) is 107 Å². The lowest BCUT2D eigenvalue weighted by atomic mass is 10.1. The molecule has 0 fully saturated rings. The molecule has 0 aliphatic rings. The van der Waals surface area contributed by atoms with E-state index >= 15 is 0 Å². The molecule has 7 nitrogen and oxygen atoms in total. The summed E-state index contributed by atoms with van der Waals surface area (Å²) < 4.78 is 5.35. The van der Waals surface area contributed by atoms with E-state index in [2.05, 4.69) is 0 Å². The molecule has 0 spiro atoms. The van der Waals surface area contributed by atoms with Gasteiger partial charge in [0.05, 0.1) is 23.2 Å². The van der Waals surface area contributed by atoms with Crippen molar-refractivity contribution in [2.75, 3.05) is 6.61 Å². The summed E-state index contributed by atoms with van der Waals surface area (Å²) >= 11 is 0. The molecule has 0 saturated heterocycles. The van der Waals surface area contributed by atoms with Crippen LogP contribution in [0.1, 0.15) is 35.2 Å². The van der Waals surface area contributed by atoms with Crippen LogP contribution in [0.5, 0.6) is 5.75 Å². The third-order valence-corrected chi connectivity index (χ3v) is 2.71. The number of aryl methyl sites for hydroxylation is 1. The van der Waals surface area contributed by atoms with Gasteiger partial charge in [-0.15, -0.1) is 0 Å². The molecule has 108 valence electrons. The highest BCUT2D eigenvalue weighted by molar-refractivity contribution is 5.84. The molecule has 20 heavy (non-hydrogen) atoms. The van der Waals surface area contributed by atoms with Gasteiger partial charge in [0.25, 0.3) is 5.69 Å². The van der Waals surface area contributed by atoms with Gasteiger partial charge in [0.1, 0.15) is 5.75 Å². The van der Waals surface area contributed by atoms with E-state index in [1.807, 2.05) is 0 Å². The zero-order chi connectivity index (χ0) is 15.1. The van der Waals surface area contributed by atoms with Crippen LogP contribution in [0, 0.1) is 17.0 Å². The molecule has 0 aliphatic heterocycles. The second kappa shape index (κ2) is 7.22. The Morgan fingerprint density at radius 3 is 2.70 bits per heavy atom. The highest BCUT2D eigenvalue weighted by atomic mass is 16.6. The van der Waals surface area contributed by atoms with Gasteiger partial charge >= 0.3 is 5.97 Å². The third-order valence-electron chi connectivity index (χ3n) is 2.71. The van der Waals surface area contributed by atoms with Crippen molar-refractivity contribution in [3.63, 3.8) is 0 Å². The standard InChI is InChI=1S/C13H15NO6/c1-9-6-10(20-5-3-2-4-13(16)17)7-12(14(18)19)11(9)8-15/h6-8H,2-5H2,1H3,(H,16,17). The molecule has 1 N–H and O–H groups in total. The Balaban J connectivity index is 2.69. The van der Waals surface area contributed by atoms with Crippen molar-refractivity contribution < 1.29 is 24.4 Å². The van der Waals surface area contributed by atoms with E-state index in [0.717, 1.165) is 0 Å². The number of nitrogens with zero attached hydrogens (tertiary/aromatic N) is 1. The Bertz CT molecular complexity index is 526. The number of hydrogen-bond donors (Lipinski definition) is 1. The normalized spacial score (nSPS) is 10.1. The largest absolute Gasteiger partial charge is 0.493 e. The maximum atomic E-state index is 10.9. The number of benzene rings is 1. The minimum atomic E-state index is -0.869. The first-order chi connectivity index (χ1) is 9.45. The van der Waals surface area contributed by atoms with Gasteiger partial charge in [0, 0.05) is 6.42 Å². The van der Waals surface area contributed by atoms with Crippen LogP contribution in [-0.4, -0.2) is 28.9 Å². The SMILES string of the molecule is Cc1cc(OCCCCC(=O)O)cc([N+](=O)[O-])c1C=O. The van der Waals surface area contributed by atoms with Crippen molar-refractivity contribution in [2.24, 2.45) is 0 Å². The van der Waals surface area contributed by atoms with Gasteiger partial charge in [-0.2, -0.15) is 0 Å². The van der Waals surface area contributed by atoms with Crippen molar-refractivity contribution in [3.8, 4) is 5.75 Å². The molecule has 0 aromatic heterocycles. The zero-order valence-corrected chi connectivity index (χ0v) is 11.0. The number of nitro benzene ring substituents is 1. The maximum absolute atomic E-state index is 10.9. The van der Waals surface area contributed by atoms with Crippen molar-refractivity contribution in [3.05, 3.63) is 33.4 Å². The number of hydrogen-bond acceptors (Lipinski definition) is 5. The van der Waals surface area contributed by atoms with E-state index in [9.17, 15) is 19.7 Å². The maximum Gasteiger partial charge on any atom is 0.303 e. The fourth-order valence-electron chi connectivity index (χ4n) is 1.70. The van der Waals surface area contributed by atoms with Gasteiger partial charge in [-0.1, -0.05) is 0 Å². The van der Waals surface area contributed by atoms with Crippen LogP contribution in [0.2, 0.25) is 0 Å². The summed E-state index contributed by atoms with van der Waals surface area (Å²) in [6.45, 7) is 1.86. The van der Waals surface area contributed by atoms with Crippen LogP contribution < -0.4 is 4.74 Å². The predicted molar refractivity (Wildman–Crippen MR) is 70.2 cm³/mol. The molecule has 0 radical (unpaired) electrons. The summed E-state index contributed by atoms with van der Waals surface area (Å²) in [5.74, 6) is -0.568. The van der Waals surface area contributed by atoms with Crippen LogP contribution in [0.15, 0.2) is 12.1 Å². The number of aliphatic carboxylic acids is 1. The first-order valence-corrected chi connectivity index (χ1v) is 6.04. The summed E-state index contributed by atoms with van der Waals surface area (Å²) in [6, 6.07) is 2.75. The fraction of sp³-hybridized carbons (Fsp3) is 0.385. The second-order valence-electron chi connectivity index (χ2n) is 4.25. The lowest BCUT2D eigenvalue weighted by Gasteiger charge is -2.08. The Kier molecular flexibility index (Phi) is 5.64. The minimum Gasteiger partial charge on any atom is -0.493 e. The Morgan fingerprint density at radius 2 is 2.15 bits per heavy atom. The summed E-state index contributed by atoms with van der Waals surface area (Å²) in [5.41, 5.74) is 0.212. The monoisotopic (exact) mass is 281 g/mol. The van der Waals surface area contributed by atoms with E-state index < -0.39 is 10.9 Å². The number of ether oxygens (including phenoxy) is 1. The predicted octanol–water partition coefficient (Wildman–Crippen LogP) is 2.35. The lowest BCUT2D eigenvalue weighted by molar-refractivity contribution is -0.385. The van der Waals surface area contributed by atoms with E-state index in [1.165, 1.54) is 6.07 Å². The van der Waals surface area contributed by atoms with Gasteiger partial charge in [0.15, 0.2) is 6.29 Å². The molecule has 0 bridgehead atoms. The van der Waals surface area contributed by atoms with E-state index in [0.29, 0.717) is 30.4 Å². The van der Waals surface area contributed by atoms with Crippen LogP contribution in [0.3, 0.4) is 0 Å². The number of aldehydes is 1. The molecular weight excluding hydrogens is 266 g/mol. The molecular formula is C13H15NO6. The van der Waals surface area contributed by atoms with E-state index in [1.54, 1.807) is 13.0 Å². The molecule has 0 atom stereocenters. The Hall–Kier alpha value is -2.44. The molecule has 0 aliphatic carbocycles. The van der Waals surface area contributed by atoms with Crippen LogP contribution in [0.25, 0.3) is 0 Å². The van der Waals surface area contributed by atoms with Crippen molar-refractivity contribution in [2.45, 2.75) is 26.2 Å². The minimum absolute atomic E-state index is 0.0354. The van der Waals surface area contributed by atoms with Crippen LogP contribution in [0.4, 0.5) is 5.69 Å².